The van der Waals surface area contributed by atoms with Gasteiger partial charge in [-0.25, -0.2) is 0 Å². The molecule has 0 aliphatic heterocycles. The number of nitrogens with two attached hydrogens (primary N) is 1. The fourth-order valence-corrected chi connectivity index (χ4v) is 2.95. The van der Waals surface area contributed by atoms with Gasteiger partial charge in [-0.05, 0) is 23.6 Å². The maximum Gasteiger partial charge on any atom is 0.191 e. The number of halogens is 1. The summed E-state index contributed by atoms with van der Waals surface area (Å²) in [7, 11) is 1.68. The molecular formula is C15H23ClN4OS. The average molecular weight is 343 g/mol. The maximum atomic E-state index is 5.74. The van der Waals surface area contributed by atoms with Crippen LogP contribution in [0.4, 0.5) is 0 Å². The molecule has 0 fully saturated rings. The first kappa shape index (κ1) is 18.8. The predicted molar refractivity (Wildman–Crippen MR) is 92.6 cm³/mol. The van der Waals surface area contributed by atoms with Gasteiger partial charge in [-0.3, -0.25) is 0 Å². The van der Waals surface area contributed by atoms with E-state index in [4.69, 9.17) is 10.5 Å². The van der Waals surface area contributed by atoms with Crippen molar-refractivity contribution in [2.45, 2.75) is 37.8 Å². The second-order valence-electron chi connectivity index (χ2n) is 5.25. The molecule has 0 bridgehead atoms. The summed E-state index contributed by atoms with van der Waals surface area (Å²) in [5.74, 6) is 3.08. The first-order valence-electron chi connectivity index (χ1n) is 7.02. The average Bonchev–Trinajstić information content (AvgIpc) is 2.86. The van der Waals surface area contributed by atoms with Crippen molar-refractivity contribution in [2.24, 2.45) is 11.7 Å². The van der Waals surface area contributed by atoms with E-state index in [2.05, 4.69) is 34.7 Å². The van der Waals surface area contributed by atoms with E-state index >= 15 is 0 Å². The van der Waals surface area contributed by atoms with Crippen LogP contribution in [0.1, 0.15) is 25.2 Å². The quantitative estimate of drug-likeness (QED) is 0.783. The number of benzene rings is 1. The minimum Gasteiger partial charge on any atom is -0.497 e. The van der Waals surface area contributed by atoms with Gasteiger partial charge < -0.3 is 15.0 Å². The maximum absolute atomic E-state index is 5.74. The Labute approximate surface area is 142 Å². The van der Waals surface area contributed by atoms with Crippen LogP contribution in [0.3, 0.4) is 0 Å². The molecule has 0 amide bonds. The predicted octanol–water partition coefficient (Wildman–Crippen LogP) is 3.12. The second kappa shape index (κ2) is 9.02. The number of rotatable bonds is 7. The smallest absolute Gasteiger partial charge is 0.191 e. The van der Waals surface area contributed by atoms with Gasteiger partial charge in [0.25, 0.3) is 0 Å². The molecule has 0 radical (unpaired) electrons. The minimum absolute atomic E-state index is 0. The van der Waals surface area contributed by atoms with Gasteiger partial charge in [-0.15, -0.1) is 22.6 Å². The summed E-state index contributed by atoms with van der Waals surface area (Å²) < 4.78 is 7.37. The molecule has 0 aliphatic carbocycles. The van der Waals surface area contributed by atoms with Gasteiger partial charge in [0.1, 0.15) is 11.6 Å². The molecule has 1 heterocycles. The van der Waals surface area contributed by atoms with Crippen molar-refractivity contribution in [1.29, 1.82) is 0 Å². The lowest BCUT2D eigenvalue weighted by Gasteiger charge is -2.11. The van der Waals surface area contributed by atoms with Crippen molar-refractivity contribution in [3.63, 3.8) is 0 Å². The molecule has 1 aromatic carbocycles. The van der Waals surface area contributed by atoms with Gasteiger partial charge in [-0.2, -0.15) is 0 Å². The minimum atomic E-state index is 0. The van der Waals surface area contributed by atoms with Crippen molar-refractivity contribution in [3.05, 3.63) is 35.7 Å². The largest absolute Gasteiger partial charge is 0.497 e. The topological polar surface area (TPSA) is 66.0 Å². The third-order valence-corrected chi connectivity index (χ3v) is 4.06. The molecule has 0 saturated heterocycles. The summed E-state index contributed by atoms with van der Waals surface area (Å²) in [5, 5.41) is 9.36. The molecular weight excluding hydrogens is 320 g/mol. The number of ether oxygens (including phenoxy) is 1. The number of aromatic nitrogens is 3. The van der Waals surface area contributed by atoms with E-state index in [1.807, 2.05) is 18.2 Å². The van der Waals surface area contributed by atoms with Crippen LogP contribution in [0, 0.1) is 5.92 Å². The van der Waals surface area contributed by atoms with E-state index in [1.165, 1.54) is 5.56 Å². The van der Waals surface area contributed by atoms with E-state index in [-0.39, 0.29) is 12.4 Å². The number of nitrogens with zero attached hydrogens (tertiary/aromatic N) is 3. The lowest BCUT2D eigenvalue weighted by atomic mass is 10.2. The number of methoxy groups -OCH3 is 1. The molecule has 0 aliphatic rings. The summed E-state index contributed by atoms with van der Waals surface area (Å²) in [5.41, 5.74) is 6.94. The highest BCUT2D eigenvalue weighted by Crippen LogP contribution is 2.24. The summed E-state index contributed by atoms with van der Waals surface area (Å²) >= 11 is 1.68. The summed E-state index contributed by atoms with van der Waals surface area (Å²) in [6, 6.07) is 8.07. The van der Waals surface area contributed by atoms with Gasteiger partial charge in [0.2, 0.25) is 0 Å². The molecule has 22 heavy (non-hydrogen) atoms. The number of thioether (sulfide) groups is 1. The van der Waals surface area contributed by atoms with Crippen molar-refractivity contribution in [3.8, 4) is 5.75 Å². The Morgan fingerprint density at radius 2 is 2.09 bits per heavy atom. The van der Waals surface area contributed by atoms with E-state index in [1.54, 1.807) is 18.9 Å². The van der Waals surface area contributed by atoms with E-state index < -0.39 is 0 Å². The Morgan fingerprint density at radius 1 is 1.32 bits per heavy atom. The Bertz CT molecular complexity index is 589. The van der Waals surface area contributed by atoms with Crippen LogP contribution in [-0.2, 0) is 18.8 Å². The second-order valence-corrected chi connectivity index (χ2v) is 6.19. The van der Waals surface area contributed by atoms with Crippen LogP contribution in [0.2, 0.25) is 0 Å². The van der Waals surface area contributed by atoms with Crippen LogP contribution in [0.15, 0.2) is 29.4 Å². The summed E-state index contributed by atoms with van der Waals surface area (Å²) in [6.45, 7) is 5.66. The summed E-state index contributed by atoms with van der Waals surface area (Å²) in [4.78, 5) is 0. The normalized spacial score (nSPS) is 10.6. The van der Waals surface area contributed by atoms with Gasteiger partial charge in [-0.1, -0.05) is 37.7 Å². The van der Waals surface area contributed by atoms with Crippen LogP contribution in [0.25, 0.3) is 0 Å². The van der Waals surface area contributed by atoms with Crippen molar-refractivity contribution >= 4 is 24.2 Å². The zero-order valence-electron chi connectivity index (χ0n) is 13.2. The molecule has 0 saturated carbocycles. The highest BCUT2D eigenvalue weighted by molar-refractivity contribution is 7.98. The molecule has 0 spiro atoms. The van der Waals surface area contributed by atoms with Crippen molar-refractivity contribution in [2.75, 3.05) is 7.11 Å². The fraction of sp³-hybridized carbons (Fsp3) is 0.467. The van der Waals surface area contributed by atoms with Crippen LogP contribution >= 0.6 is 24.2 Å². The number of hydrogen-bond donors (Lipinski definition) is 1. The Balaban J connectivity index is 0.00000242. The van der Waals surface area contributed by atoms with Crippen LogP contribution in [0.5, 0.6) is 5.75 Å². The Hall–Kier alpha value is -1.24. The molecule has 0 unspecified atom stereocenters. The Kier molecular flexibility index (Phi) is 7.72. The lowest BCUT2D eigenvalue weighted by molar-refractivity contribution is 0.414. The zero-order chi connectivity index (χ0) is 15.2. The number of hydrogen-bond acceptors (Lipinski definition) is 5. The third-order valence-electron chi connectivity index (χ3n) is 3.03. The third kappa shape index (κ3) is 4.90. The van der Waals surface area contributed by atoms with Gasteiger partial charge in [0.15, 0.2) is 5.16 Å². The Morgan fingerprint density at radius 3 is 2.73 bits per heavy atom. The summed E-state index contributed by atoms with van der Waals surface area (Å²) in [6.07, 6.45) is 0. The first-order chi connectivity index (χ1) is 10.1. The molecule has 2 rings (SSSR count). The highest BCUT2D eigenvalue weighted by Gasteiger charge is 2.12. The highest BCUT2D eigenvalue weighted by atomic mass is 35.5. The molecule has 122 valence electrons. The van der Waals surface area contributed by atoms with E-state index in [0.29, 0.717) is 12.5 Å². The van der Waals surface area contributed by atoms with Gasteiger partial charge in [0, 0.05) is 12.3 Å². The molecule has 7 heteroatoms. The first-order valence-corrected chi connectivity index (χ1v) is 8.00. The fourth-order valence-electron chi connectivity index (χ4n) is 2.04. The SMILES string of the molecule is COc1cccc(CSc2nnc(CN)n2CC(C)C)c1.Cl. The molecule has 2 N–H and O–H groups in total. The molecule has 2 aromatic rings. The lowest BCUT2D eigenvalue weighted by Crippen LogP contribution is -2.12. The zero-order valence-corrected chi connectivity index (χ0v) is 14.8. The van der Waals surface area contributed by atoms with Crippen molar-refractivity contribution < 1.29 is 4.74 Å². The van der Waals surface area contributed by atoms with Crippen molar-refractivity contribution in [1.82, 2.24) is 14.8 Å². The molecule has 5 nitrogen and oxygen atoms in total. The monoisotopic (exact) mass is 342 g/mol. The van der Waals surface area contributed by atoms with E-state index in [0.717, 1.165) is 29.0 Å². The van der Waals surface area contributed by atoms with Gasteiger partial charge >= 0.3 is 0 Å². The van der Waals surface area contributed by atoms with Crippen LogP contribution in [-0.4, -0.2) is 21.9 Å². The van der Waals surface area contributed by atoms with Gasteiger partial charge in [0.05, 0.1) is 13.7 Å². The molecule has 1 aromatic heterocycles. The molecule has 0 atom stereocenters. The standard InChI is InChI=1S/C15H22N4OS.ClH/c1-11(2)9-19-14(8-16)17-18-15(19)21-10-12-5-4-6-13(7-12)20-3;/h4-7,11H,8-10,16H2,1-3H3;1H. The van der Waals surface area contributed by atoms with Crippen LogP contribution < -0.4 is 10.5 Å². The van der Waals surface area contributed by atoms with E-state index in [9.17, 15) is 0 Å².